The fraction of sp³-hybridized carbons (Fsp3) is 0.733. The highest BCUT2D eigenvalue weighted by Gasteiger charge is 2.21. The zero-order chi connectivity index (χ0) is 15.7. The molecular weight excluding hydrogens is 270 g/mol. The van der Waals surface area contributed by atoms with Crippen molar-refractivity contribution >= 4 is 11.8 Å². The van der Waals surface area contributed by atoms with E-state index >= 15 is 0 Å². The Morgan fingerprint density at radius 2 is 2.10 bits per heavy atom. The van der Waals surface area contributed by atoms with Gasteiger partial charge >= 0.3 is 0 Å². The van der Waals surface area contributed by atoms with Crippen LogP contribution in [0.2, 0.25) is 0 Å². The smallest absolute Gasteiger partial charge is 0.240 e. The number of nitrogens with zero attached hydrogens (tertiary/aromatic N) is 2. The average molecular weight is 297 g/mol. The highest BCUT2D eigenvalue weighted by atomic mass is 16.5. The molecule has 6 heteroatoms. The summed E-state index contributed by atoms with van der Waals surface area (Å²) in [5, 5.41) is 0. The Kier molecular flexibility index (Phi) is 8.00. The van der Waals surface area contributed by atoms with Crippen molar-refractivity contribution in [2.24, 2.45) is 5.73 Å². The molecule has 1 aliphatic carbocycles. The van der Waals surface area contributed by atoms with Crippen LogP contribution in [0.15, 0.2) is 11.8 Å². The maximum atomic E-state index is 12.5. The summed E-state index contributed by atoms with van der Waals surface area (Å²) in [5.74, 6) is -0.415. The number of likely N-dealkylation sites (N-methyl/N-ethyl adjacent to an activating group) is 1. The lowest BCUT2D eigenvalue weighted by molar-refractivity contribution is -0.131. The van der Waals surface area contributed by atoms with Crippen LogP contribution in [-0.2, 0) is 14.3 Å². The molecule has 2 N–H and O–H groups in total. The molecule has 1 rings (SSSR count). The predicted octanol–water partition coefficient (Wildman–Crippen LogP) is 0.726. The van der Waals surface area contributed by atoms with E-state index in [0.29, 0.717) is 19.7 Å². The molecule has 0 radical (unpaired) electrons. The third kappa shape index (κ3) is 6.27. The monoisotopic (exact) mass is 297 g/mol. The molecule has 21 heavy (non-hydrogen) atoms. The average Bonchev–Trinajstić information content (AvgIpc) is 2.46. The van der Waals surface area contributed by atoms with Crippen molar-refractivity contribution in [2.75, 3.05) is 39.9 Å². The number of amides is 2. The van der Waals surface area contributed by atoms with Crippen LogP contribution in [0.4, 0.5) is 0 Å². The molecule has 0 atom stereocenters. The van der Waals surface area contributed by atoms with Gasteiger partial charge in [0.1, 0.15) is 0 Å². The van der Waals surface area contributed by atoms with Gasteiger partial charge in [0.05, 0.1) is 19.7 Å². The summed E-state index contributed by atoms with van der Waals surface area (Å²) >= 11 is 0. The van der Waals surface area contributed by atoms with Crippen LogP contribution >= 0.6 is 0 Å². The summed E-state index contributed by atoms with van der Waals surface area (Å²) in [6, 6.07) is 0. The summed E-state index contributed by atoms with van der Waals surface area (Å²) in [5.41, 5.74) is 6.35. The molecule has 0 fully saturated rings. The van der Waals surface area contributed by atoms with E-state index in [2.05, 4.69) is 6.08 Å². The van der Waals surface area contributed by atoms with Crippen LogP contribution < -0.4 is 5.73 Å². The summed E-state index contributed by atoms with van der Waals surface area (Å²) in [7, 11) is 1.59. The van der Waals surface area contributed by atoms with Crippen LogP contribution in [0.3, 0.4) is 0 Å². The third-order valence-corrected chi connectivity index (χ3v) is 3.58. The van der Waals surface area contributed by atoms with Crippen LogP contribution in [0.5, 0.6) is 0 Å². The van der Waals surface area contributed by atoms with Crippen LogP contribution in [0.1, 0.15) is 32.6 Å². The molecule has 0 heterocycles. The van der Waals surface area contributed by atoms with Gasteiger partial charge in [0.15, 0.2) is 0 Å². The van der Waals surface area contributed by atoms with Gasteiger partial charge in [-0.15, -0.1) is 0 Å². The number of ether oxygens (including phenoxy) is 1. The van der Waals surface area contributed by atoms with E-state index in [4.69, 9.17) is 10.5 Å². The quantitative estimate of drug-likeness (QED) is 0.680. The van der Waals surface area contributed by atoms with Gasteiger partial charge in [-0.3, -0.25) is 14.5 Å². The SMILES string of the molecule is CCN(C(=O)CN(CCOC)CC(N)=O)C1=CCCCC1. The molecule has 6 nitrogen and oxygen atoms in total. The molecule has 0 saturated heterocycles. The second kappa shape index (κ2) is 9.52. The number of nitrogens with two attached hydrogens (primary N) is 1. The van der Waals surface area contributed by atoms with Crippen molar-refractivity contribution < 1.29 is 14.3 Å². The molecule has 0 aromatic carbocycles. The van der Waals surface area contributed by atoms with Gasteiger partial charge in [0.25, 0.3) is 0 Å². The fourth-order valence-corrected chi connectivity index (χ4v) is 2.54. The minimum absolute atomic E-state index is 0.0167. The Morgan fingerprint density at radius 1 is 1.33 bits per heavy atom. The molecule has 0 aromatic heterocycles. The van der Waals surface area contributed by atoms with E-state index in [1.165, 1.54) is 6.42 Å². The number of hydrogen-bond donors (Lipinski definition) is 1. The number of carbonyl (C=O) groups is 2. The molecule has 0 spiro atoms. The summed E-state index contributed by atoms with van der Waals surface area (Å²) in [6.07, 6.45) is 6.46. The lowest BCUT2D eigenvalue weighted by Crippen LogP contribution is -2.44. The minimum Gasteiger partial charge on any atom is -0.383 e. The Balaban J connectivity index is 2.64. The van der Waals surface area contributed by atoms with Gasteiger partial charge < -0.3 is 15.4 Å². The van der Waals surface area contributed by atoms with Crippen LogP contribution in [0.25, 0.3) is 0 Å². The topological polar surface area (TPSA) is 75.9 Å². The highest BCUT2D eigenvalue weighted by molar-refractivity contribution is 5.81. The zero-order valence-corrected chi connectivity index (χ0v) is 13.1. The summed E-state index contributed by atoms with van der Waals surface area (Å²) in [6.45, 7) is 3.88. The third-order valence-electron chi connectivity index (χ3n) is 3.58. The molecule has 120 valence electrons. The number of methoxy groups -OCH3 is 1. The van der Waals surface area contributed by atoms with E-state index in [0.717, 1.165) is 25.0 Å². The Labute approximate surface area is 126 Å². The molecule has 0 aromatic rings. The van der Waals surface area contributed by atoms with E-state index in [9.17, 15) is 9.59 Å². The summed E-state index contributed by atoms with van der Waals surface area (Å²) in [4.78, 5) is 27.1. The van der Waals surface area contributed by atoms with E-state index in [1.54, 1.807) is 12.0 Å². The molecular formula is C15H27N3O3. The maximum absolute atomic E-state index is 12.5. The van der Waals surface area contributed by atoms with Gasteiger partial charge in [-0.2, -0.15) is 0 Å². The van der Waals surface area contributed by atoms with Gasteiger partial charge in [-0.25, -0.2) is 0 Å². The van der Waals surface area contributed by atoms with E-state index < -0.39 is 5.91 Å². The molecule has 0 unspecified atom stereocenters. The molecule has 1 aliphatic rings. The van der Waals surface area contributed by atoms with Crippen LogP contribution in [0, 0.1) is 0 Å². The Hall–Kier alpha value is -1.40. The number of carbonyl (C=O) groups excluding carboxylic acids is 2. The summed E-state index contributed by atoms with van der Waals surface area (Å²) < 4.78 is 5.01. The second-order valence-corrected chi connectivity index (χ2v) is 5.25. The van der Waals surface area contributed by atoms with E-state index in [-0.39, 0.29) is 19.0 Å². The Bertz CT molecular complexity index is 382. The fourth-order valence-electron chi connectivity index (χ4n) is 2.54. The Morgan fingerprint density at radius 3 is 2.62 bits per heavy atom. The van der Waals surface area contributed by atoms with Crippen molar-refractivity contribution in [3.05, 3.63) is 11.8 Å². The van der Waals surface area contributed by atoms with Crippen molar-refractivity contribution in [2.45, 2.75) is 32.6 Å². The highest BCUT2D eigenvalue weighted by Crippen LogP contribution is 2.21. The first-order valence-corrected chi connectivity index (χ1v) is 7.57. The number of hydrogen-bond acceptors (Lipinski definition) is 4. The van der Waals surface area contributed by atoms with E-state index in [1.807, 2.05) is 11.8 Å². The lowest BCUT2D eigenvalue weighted by Gasteiger charge is -2.29. The number of rotatable bonds is 9. The molecule has 0 saturated carbocycles. The van der Waals surface area contributed by atoms with Crippen LogP contribution in [-0.4, -0.2) is 61.5 Å². The molecule has 0 bridgehead atoms. The first-order chi connectivity index (χ1) is 10.1. The number of allylic oxidation sites excluding steroid dienone is 2. The predicted molar refractivity (Wildman–Crippen MR) is 81.4 cm³/mol. The molecule has 0 aliphatic heterocycles. The first kappa shape index (κ1) is 17.7. The normalized spacial score (nSPS) is 14.9. The van der Waals surface area contributed by atoms with Crippen molar-refractivity contribution in [3.8, 4) is 0 Å². The lowest BCUT2D eigenvalue weighted by atomic mass is 10.0. The molecule has 2 amide bonds. The zero-order valence-electron chi connectivity index (χ0n) is 13.1. The largest absolute Gasteiger partial charge is 0.383 e. The van der Waals surface area contributed by atoms with Gasteiger partial charge in [-0.1, -0.05) is 6.08 Å². The second-order valence-electron chi connectivity index (χ2n) is 5.25. The van der Waals surface area contributed by atoms with Gasteiger partial charge in [0, 0.05) is 25.9 Å². The standard InChI is InChI=1S/C15H27N3O3/c1-3-18(13-7-5-4-6-8-13)15(20)12-17(9-10-21-2)11-14(16)19/h7H,3-6,8-12H2,1-2H3,(H2,16,19). The number of primary amides is 1. The van der Waals surface area contributed by atoms with Crippen molar-refractivity contribution in [1.29, 1.82) is 0 Å². The van der Waals surface area contributed by atoms with Gasteiger partial charge in [0.2, 0.25) is 11.8 Å². The first-order valence-electron chi connectivity index (χ1n) is 7.57. The van der Waals surface area contributed by atoms with Crippen molar-refractivity contribution in [1.82, 2.24) is 9.80 Å². The van der Waals surface area contributed by atoms with Crippen molar-refractivity contribution in [3.63, 3.8) is 0 Å². The van der Waals surface area contributed by atoms with Gasteiger partial charge in [-0.05, 0) is 32.6 Å². The maximum Gasteiger partial charge on any atom is 0.240 e. The minimum atomic E-state index is -0.432.